The summed E-state index contributed by atoms with van der Waals surface area (Å²) >= 11 is 6.24. The number of nitrogens with zero attached hydrogens (tertiary/aromatic N) is 3. The van der Waals surface area contributed by atoms with Crippen molar-refractivity contribution in [1.82, 2.24) is 9.80 Å². The second-order valence-electron chi connectivity index (χ2n) is 6.54. The first-order valence-electron chi connectivity index (χ1n) is 8.05. The molecule has 0 radical (unpaired) electrons. The van der Waals surface area contributed by atoms with Gasteiger partial charge in [-0.15, -0.1) is 0 Å². The maximum atomic E-state index is 12.6. The molecule has 2 saturated heterocycles. The Kier molecular flexibility index (Phi) is 4.78. The van der Waals surface area contributed by atoms with Crippen LogP contribution in [0, 0.1) is 5.92 Å². The number of halogens is 1. The van der Waals surface area contributed by atoms with Crippen LogP contribution < -0.4 is 4.31 Å². The van der Waals surface area contributed by atoms with Gasteiger partial charge in [0.1, 0.15) is 0 Å². The summed E-state index contributed by atoms with van der Waals surface area (Å²) in [7, 11) is -1.69. The van der Waals surface area contributed by atoms with E-state index in [1.54, 1.807) is 11.8 Å². The van der Waals surface area contributed by atoms with Gasteiger partial charge in [0.25, 0.3) is 5.91 Å². The van der Waals surface area contributed by atoms with Crippen LogP contribution in [0.3, 0.4) is 0 Å². The van der Waals surface area contributed by atoms with Crippen molar-refractivity contribution in [3.05, 3.63) is 28.8 Å². The number of rotatable bonds is 2. The van der Waals surface area contributed by atoms with Crippen molar-refractivity contribution in [3.8, 4) is 0 Å². The molecule has 0 bridgehead atoms. The van der Waals surface area contributed by atoms with Crippen molar-refractivity contribution in [2.24, 2.45) is 5.92 Å². The summed E-state index contributed by atoms with van der Waals surface area (Å²) < 4.78 is 25.1. The first-order valence-corrected chi connectivity index (χ1v) is 10.0. The van der Waals surface area contributed by atoms with Gasteiger partial charge in [-0.05, 0) is 25.2 Å². The number of carbonyl (C=O) groups is 2. The number of carbonyl (C=O) groups excluding carboxylic acids is 2. The lowest BCUT2D eigenvalue weighted by Gasteiger charge is -2.32. The zero-order chi connectivity index (χ0) is 18.4. The number of hydrogen-bond acceptors (Lipinski definition) is 5. The molecule has 0 saturated carbocycles. The topological polar surface area (TPSA) is 78.0 Å². The van der Waals surface area contributed by atoms with E-state index in [4.69, 9.17) is 11.6 Å². The average molecular weight is 386 g/mol. The van der Waals surface area contributed by atoms with E-state index >= 15 is 0 Å². The SMILES string of the molecule is CC1CS(=O)(=O)N(c2ccc(C(=O)N3CCN(C)CC3)c(Cl)c2)C1=O. The second-order valence-corrected chi connectivity index (χ2v) is 8.81. The lowest BCUT2D eigenvalue weighted by molar-refractivity contribution is -0.119. The van der Waals surface area contributed by atoms with Crippen LogP contribution in [-0.2, 0) is 14.8 Å². The minimum Gasteiger partial charge on any atom is -0.336 e. The number of anilines is 1. The highest BCUT2D eigenvalue weighted by Crippen LogP contribution is 2.31. The Bertz CT molecular complexity index is 819. The van der Waals surface area contributed by atoms with Crippen LogP contribution in [0.2, 0.25) is 5.02 Å². The van der Waals surface area contributed by atoms with Crippen molar-refractivity contribution in [1.29, 1.82) is 0 Å². The first-order chi connectivity index (χ1) is 11.7. The van der Waals surface area contributed by atoms with Gasteiger partial charge in [-0.1, -0.05) is 18.5 Å². The van der Waals surface area contributed by atoms with Crippen LogP contribution in [-0.4, -0.2) is 69.0 Å². The highest BCUT2D eigenvalue weighted by atomic mass is 35.5. The Morgan fingerprint density at radius 3 is 2.36 bits per heavy atom. The van der Waals surface area contributed by atoms with Gasteiger partial charge < -0.3 is 9.80 Å². The van der Waals surface area contributed by atoms with Crippen molar-refractivity contribution >= 4 is 39.1 Å². The standard InChI is InChI=1S/C16H20ClN3O4S/c1-11-10-25(23,24)20(15(11)21)12-3-4-13(14(17)9-12)16(22)19-7-5-18(2)6-8-19/h3-4,9,11H,5-8,10H2,1-2H3. The molecule has 0 spiro atoms. The molecule has 136 valence electrons. The van der Waals surface area contributed by atoms with Gasteiger partial charge in [0.05, 0.1) is 27.9 Å². The fraction of sp³-hybridized carbons (Fsp3) is 0.500. The largest absolute Gasteiger partial charge is 0.336 e. The summed E-state index contributed by atoms with van der Waals surface area (Å²) in [4.78, 5) is 28.6. The van der Waals surface area contributed by atoms with Crippen LogP contribution in [0.4, 0.5) is 5.69 Å². The molecule has 2 aliphatic heterocycles. The zero-order valence-corrected chi connectivity index (χ0v) is 15.7. The number of likely N-dealkylation sites (N-methyl/N-ethyl adjacent to an activating group) is 1. The van der Waals surface area contributed by atoms with E-state index in [9.17, 15) is 18.0 Å². The summed E-state index contributed by atoms with van der Waals surface area (Å²) in [6.45, 7) is 4.39. The second kappa shape index (κ2) is 6.59. The van der Waals surface area contributed by atoms with Gasteiger partial charge in [-0.3, -0.25) is 9.59 Å². The fourth-order valence-electron chi connectivity index (χ4n) is 3.07. The maximum absolute atomic E-state index is 12.6. The number of amides is 2. The molecule has 0 aliphatic carbocycles. The summed E-state index contributed by atoms with van der Waals surface area (Å²) in [5.74, 6) is -1.47. The average Bonchev–Trinajstić information content (AvgIpc) is 2.75. The third kappa shape index (κ3) is 3.38. The van der Waals surface area contributed by atoms with E-state index in [0.717, 1.165) is 17.4 Å². The van der Waals surface area contributed by atoms with Gasteiger partial charge in [0.2, 0.25) is 15.9 Å². The molecular formula is C16H20ClN3O4S. The van der Waals surface area contributed by atoms with Gasteiger partial charge in [0, 0.05) is 26.2 Å². The predicted octanol–water partition coefficient (Wildman–Crippen LogP) is 1.04. The molecule has 2 amide bonds. The van der Waals surface area contributed by atoms with Crippen LogP contribution in [0.15, 0.2) is 18.2 Å². The molecule has 7 nitrogen and oxygen atoms in total. The van der Waals surface area contributed by atoms with Crippen molar-refractivity contribution < 1.29 is 18.0 Å². The van der Waals surface area contributed by atoms with Crippen molar-refractivity contribution in [3.63, 3.8) is 0 Å². The Hall–Kier alpha value is -1.64. The highest BCUT2D eigenvalue weighted by molar-refractivity contribution is 7.94. The summed E-state index contributed by atoms with van der Waals surface area (Å²) in [5, 5.41) is 0.143. The van der Waals surface area contributed by atoms with Crippen LogP contribution in [0.25, 0.3) is 0 Å². The molecule has 0 aromatic heterocycles. The molecular weight excluding hydrogens is 366 g/mol. The smallest absolute Gasteiger partial charge is 0.255 e. The molecule has 0 N–H and O–H groups in total. The van der Waals surface area contributed by atoms with Gasteiger partial charge in [-0.25, -0.2) is 12.7 Å². The quantitative estimate of drug-likeness (QED) is 0.760. The third-order valence-electron chi connectivity index (χ3n) is 4.57. The lowest BCUT2D eigenvalue weighted by Crippen LogP contribution is -2.47. The Labute approximate surface area is 152 Å². The molecule has 1 unspecified atom stereocenters. The van der Waals surface area contributed by atoms with E-state index < -0.39 is 21.8 Å². The Balaban J connectivity index is 1.86. The molecule has 9 heteroatoms. The summed E-state index contributed by atoms with van der Waals surface area (Å²) in [6, 6.07) is 4.32. The zero-order valence-electron chi connectivity index (χ0n) is 14.1. The molecule has 2 heterocycles. The number of sulfonamides is 1. The number of benzene rings is 1. The maximum Gasteiger partial charge on any atom is 0.255 e. The monoisotopic (exact) mass is 385 g/mol. The lowest BCUT2D eigenvalue weighted by atomic mass is 10.1. The normalized spacial score (nSPS) is 24.0. The van der Waals surface area contributed by atoms with Gasteiger partial charge in [-0.2, -0.15) is 0 Å². The number of piperazine rings is 1. The van der Waals surface area contributed by atoms with E-state index in [-0.39, 0.29) is 22.4 Å². The van der Waals surface area contributed by atoms with E-state index in [1.807, 2.05) is 7.05 Å². The summed E-state index contributed by atoms with van der Waals surface area (Å²) in [5.41, 5.74) is 0.487. The molecule has 3 rings (SSSR count). The third-order valence-corrected chi connectivity index (χ3v) is 6.75. The first kappa shape index (κ1) is 18.2. The molecule has 1 atom stereocenters. The van der Waals surface area contributed by atoms with Crippen LogP contribution >= 0.6 is 11.6 Å². The molecule has 2 aliphatic rings. The van der Waals surface area contributed by atoms with E-state index in [1.165, 1.54) is 18.2 Å². The fourth-order valence-corrected chi connectivity index (χ4v) is 5.14. The highest BCUT2D eigenvalue weighted by Gasteiger charge is 2.42. The molecule has 25 heavy (non-hydrogen) atoms. The Morgan fingerprint density at radius 2 is 1.84 bits per heavy atom. The van der Waals surface area contributed by atoms with Gasteiger partial charge >= 0.3 is 0 Å². The molecule has 1 aromatic carbocycles. The molecule has 1 aromatic rings. The predicted molar refractivity (Wildman–Crippen MR) is 95.3 cm³/mol. The Morgan fingerprint density at radius 1 is 1.20 bits per heavy atom. The minimum absolute atomic E-state index is 0.143. The minimum atomic E-state index is -3.69. The van der Waals surface area contributed by atoms with Gasteiger partial charge in [0.15, 0.2) is 0 Å². The van der Waals surface area contributed by atoms with Crippen molar-refractivity contribution in [2.75, 3.05) is 43.3 Å². The van der Waals surface area contributed by atoms with E-state index in [2.05, 4.69) is 4.90 Å². The molecule has 2 fully saturated rings. The number of hydrogen-bond donors (Lipinski definition) is 0. The van der Waals surface area contributed by atoms with Crippen LogP contribution in [0.1, 0.15) is 17.3 Å². The van der Waals surface area contributed by atoms with Crippen molar-refractivity contribution in [2.45, 2.75) is 6.92 Å². The van der Waals surface area contributed by atoms with E-state index in [0.29, 0.717) is 18.7 Å². The van der Waals surface area contributed by atoms with Crippen LogP contribution in [0.5, 0.6) is 0 Å². The summed E-state index contributed by atoms with van der Waals surface area (Å²) in [6.07, 6.45) is 0.